The monoisotopic (exact) mass is 316 g/mol. The van der Waals surface area contributed by atoms with Crippen molar-refractivity contribution in [3.63, 3.8) is 0 Å². The normalized spacial score (nSPS) is 21.1. The first kappa shape index (κ1) is 15.9. The molecule has 6 heteroatoms. The molecule has 2 amide bonds. The van der Waals surface area contributed by atoms with Gasteiger partial charge in [0.25, 0.3) is 0 Å². The third-order valence-electron chi connectivity index (χ3n) is 4.49. The highest BCUT2D eigenvalue weighted by atomic mass is 16.2. The van der Waals surface area contributed by atoms with Gasteiger partial charge in [-0.1, -0.05) is 6.92 Å². The van der Waals surface area contributed by atoms with Crippen molar-refractivity contribution in [3.05, 3.63) is 18.2 Å². The Balaban J connectivity index is 1.55. The zero-order chi connectivity index (χ0) is 16.2. The highest BCUT2D eigenvalue weighted by molar-refractivity contribution is 5.92. The average Bonchev–Trinajstić information content (AvgIpc) is 3.41. The predicted octanol–water partition coefficient (Wildman–Crippen LogP) is 2.33. The van der Waals surface area contributed by atoms with Gasteiger partial charge in [-0.25, -0.2) is 9.97 Å². The molecule has 2 fully saturated rings. The number of anilines is 1. The molecule has 3 rings (SSSR count). The Morgan fingerprint density at radius 3 is 2.65 bits per heavy atom. The number of rotatable bonds is 5. The molecule has 1 saturated heterocycles. The second kappa shape index (κ2) is 7.06. The van der Waals surface area contributed by atoms with Crippen molar-refractivity contribution in [2.75, 3.05) is 18.4 Å². The quantitative estimate of drug-likeness (QED) is 0.904. The van der Waals surface area contributed by atoms with Crippen LogP contribution in [0.1, 0.15) is 57.2 Å². The zero-order valence-corrected chi connectivity index (χ0v) is 13.6. The Bertz CT molecular complexity index is 568. The van der Waals surface area contributed by atoms with E-state index in [1.54, 1.807) is 12.4 Å². The molecule has 124 valence electrons. The molecule has 2 heterocycles. The molecule has 1 saturated carbocycles. The number of carbonyl (C=O) groups excluding carboxylic acids is 2. The van der Waals surface area contributed by atoms with Crippen LogP contribution in [-0.4, -0.2) is 39.8 Å². The fourth-order valence-electron chi connectivity index (χ4n) is 2.99. The molecule has 1 aliphatic heterocycles. The molecule has 2 aliphatic rings. The standard InChI is InChI=1S/C17H24N4O2/c1-2-4-15(22)21-8-3-5-13(11-21)17(23)20-14-9-18-16(19-10-14)12-6-7-12/h9-10,12-13H,2-8,11H2,1H3,(H,20,23)/t13-/m1/s1. The highest BCUT2D eigenvalue weighted by Gasteiger charge is 2.29. The third-order valence-corrected chi connectivity index (χ3v) is 4.49. The fraction of sp³-hybridized carbons (Fsp3) is 0.647. The molecule has 0 bridgehead atoms. The van der Waals surface area contributed by atoms with Crippen molar-refractivity contribution in [1.29, 1.82) is 0 Å². The Hall–Kier alpha value is -1.98. The first-order valence-corrected chi connectivity index (χ1v) is 8.58. The summed E-state index contributed by atoms with van der Waals surface area (Å²) in [5.74, 6) is 1.35. The molecule has 1 atom stereocenters. The summed E-state index contributed by atoms with van der Waals surface area (Å²) in [6.45, 7) is 3.28. The lowest BCUT2D eigenvalue weighted by atomic mass is 9.96. The highest BCUT2D eigenvalue weighted by Crippen LogP contribution is 2.37. The van der Waals surface area contributed by atoms with Crippen molar-refractivity contribution in [3.8, 4) is 0 Å². The molecule has 6 nitrogen and oxygen atoms in total. The number of aromatic nitrogens is 2. The molecule has 0 aromatic carbocycles. The maximum Gasteiger partial charge on any atom is 0.229 e. The smallest absolute Gasteiger partial charge is 0.229 e. The van der Waals surface area contributed by atoms with Gasteiger partial charge in [-0.05, 0) is 32.1 Å². The topological polar surface area (TPSA) is 75.2 Å². The number of hydrogen-bond acceptors (Lipinski definition) is 4. The molecule has 0 spiro atoms. The largest absolute Gasteiger partial charge is 0.342 e. The molecule has 0 radical (unpaired) electrons. The van der Waals surface area contributed by atoms with Gasteiger partial charge in [-0.15, -0.1) is 0 Å². The summed E-state index contributed by atoms with van der Waals surface area (Å²) < 4.78 is 0. The Morgan fingerprint density at radius 2 is 2.00 bits per heavy atom. The molecule has 1 aromatic rings. The average molecular weight is 316 g/mol. The van der Waals surface area contributed by atoms with Crippen molar-refractivity contribution in [2.45, 2.75) is 51.4 Å². The summed E-state index contributed by atoms with van der Waals surface area (Å²) in [5.41, 5.74) is 0.636. The lowest BCUT2D eigenvalue weighted by molar-refractivity contribution is -0.134. The van der Waals surface area contributed by atoms with E-state index in [-0.39, 0.29) is 17.7 Å². The van der Waals surface area contributed by atoms with E-state index in [9.17, 15) is 9.59 Å². The minimum Gasteiger partial charge on any atom is -0.342 e. The summed E-state index contributed by atoms with van der Waals surface area (Å²) in [7, 11) is 0. The van der Waals surface area contributed by atoms with E-state index in [1.807, 2.05) is 11.8 Å². The SMILES string of the molecule is CCCC(=O)N1CCC[C@@H](C(=O)Nc2cnc(C3CC3)nc2)C1. The molecular weight excluding hydrogens is 292 g/mol. The predicted molar refractivity (Wildman–Crippen MR) is 86.8 cm³/mol. The lowest BCUT2D eigenvalue weighted by Crippen LogP contribution is -2.43. The van der Waals surface area contributed by atoms with Crippen molar-refractivity contribution in [2.24, 2.45) is 5.92 Å². The first-order valence-electron chi connectivity index (χ1n) is 8.58. The number of likely N-dealkylation sites (tertiary alicyclic amines) is 1. The lowest BCUT2D eigenvalue weighted by Gasteiger charge is -2.32. The fourth-order valence-corrected chi connectivity index (χ4v) is 2.99. The third kappa shape index (κ3) is 4.06. The van der Waals surface area contributed by atoms with E-state index in [4.69, 9.17) is 0 Å². The molecule has 1 aliphatic carbocycles. The summed E-state index contributed by atoms with van der Waals surface area (Å²) >= 11 is 0. The molecule has 23 heavy (non-hydrogen) atoms. The van der Waals surface area contributed by atoms with Crippen LogP contribution < -0.4 is 5.32 Å². The van der Waals surface area contributed by atoms with E-state index < -0.39 is 0 Å². The van der Waals surface area contributed by atoms with Gasteiger partial charge in [-0.3, -0.25) is 9.59 Å². The summed E-state index contributed by atoms with van der Waals surface area (Å²) in [6, 6.07) is 0. The van der Waals surface area contributed by atoms with Crippen LogP contribution >= 0.6 is 0 Å². The number of hydrogen-bond donors (Lipinski definition) is 1. The van der Waals surface area contributed by atoms with Crippen LogP contribution in [0.2, 0.25) is 0 Å². The van der Waals surface area contributed by atoms with Crippen LogP contribution in [0.5, 0.6) is 0 Å². The van der Waals surface area contributed by atoms with Crippen LogP contribution in [0.25, 0.3) is 0 Å². The van der Waals surface area contributed by atoms with E-state index in [0.717, 1.165) is 44.5 Å². The van der Waals surface area contributed by atoms with Crippen LogP contribution in [-0.2, 0) is 9.59 Å². The van der Waals surface area contributed by atoms with E-state index in [2.05, 4.69) is 15.3 Å². The summed E-state index contributed by atoms with van der Waals surface area (Å²) in [5, 5.41) is 2.89. The van der Waals surface area contributed by atoms with E-state index >= 15 is 0 Å². The Kier molecular flexibility index (Phi) is 4.88. The number of nitrogens with one attached hydrogen (secondary N) is 1. The zero-order valence-electron chi connectivity index (χ0n) is 13.6. The summed E-state index contributed by atoms with van der Waals surface area (Å²) in [4.78, 5) is 34.9. The summed E-state index contributed by atoms with van der Waals surface area (Å²) in [6.07, 6.45) is 8.79. The number of nitrogens with zero attached hydrogens (tertiary/aromatic N) is 3. The van der Waals surface area contributed by atoms with E-state index in [0.29, 0.717) is 24.6 Å². The van der Waals surface area contributed by atoms with Crippen LogP contribution in [0.15, 0.2) is 12.4 Å². The van der Waals surface area contributed by atoms with Gasteiger partial charge in [0, 0.05) is 25.4 Å². The first-order chi connectivity index (χ1) is 11.2. The maximum atomic E-state index is 12.4. The van der Waals surface area contributed by atoms with Gasteiger partial charge in [0.05, 0.1) is 24.0 Å². The second-order valence-corrected chi connectivity index (χ2v) is 6.52. The van der Waals surface area contributed by atoms with Gasteiger partial charge in [-0.2, -0.15) is 0 Å². The minimum atomic E-state index is -0.146. The molecule has 1 N–H and O–H groups in total. The van der Waals surface area contributed by atoms with Gasteiger partial charge >= 0.3 is 0 Å². The molecule has 0 unspecified atom stereocenters. The van der Waals surface area contributed by atoms with Crippen molar-refractivity contribution >= 4 is 17.5 Å². The molecular formula is C17H24N4O2. The maximum absolute atomic E-state index is 12.4. The van der Waals surface area contributed by atoms with Crippen LogP contribution in [0.3, 0.4) is 0 Å². The van der Waals surface area contributed by atoms with Gasteiger partial charge in [0.2, 0.25) is 11.8 Å². The number of carbonyl (C=O) groups is 2. The van der Waals surface area contributed by atoms with Crippen molar-refractivity contribution in [1.82, 2.24) is 14.9 Å². The molecule has 1 aromatic heterocycles. The second-order valence-electron chi connectivity index (χ2n) is 6.52. The number of amides is 2. The minimum absolute atomic E-state index is 0.0400. The Morgan fingerprint density at radius 1 is 1.26 bits per heavy atom. The van der Waals surface area contributed by atoms with Crippen LogP contribution in [0.4, 0.5) is 5.69 Å². The number of piperidine rings is 1. The van der Waals surface area contributed by atoms with Gasteiger partial charge in [0.15, 0.2) is 0 Å². The Labute approximate surface area is 136 Å². The van der Waals surface area contributed by atoms with Crippen LogP contribution in [0, 0.1) is 5.92 Å². The van der Waals surface area contributed by atoms with Crippen molar-refractivity contribution < 1.29 is 9.59 Å². The van der Waals surface area contributed by atoms with Gasteiger partial charge < -0.3 is 10.2 Å². The van der Waals surface area contributed by atoms with Gasteiger partial charge in [0.1, 0.15) is 5.82 Å². The van der Waals surface area contributed by atoms with E-state index in [1.165, 1.54) is 0 Å².